The number of hydrogen-bond acceptors (Lipinski definition) is 23. The van der Waals surface area contributed by atoms with Crippen LogP contribution in [0.2, 0.25) is 0 Å². The van der Waals surface area contributed by atoms with Crippen molar-refractivity contribution in [2.75, 3.05) is 38.9 Å². The van der Waals surface area contributed by atoms with E-state index in [2.05, 4.69) is 42.6 Å². The summed E-state index contributed by atoms with van der Waals surface area (Å²) in [5, 5.41) is 21.6. The number of aromatic nitrogens is 8. The van der Waals surface area contributed by atoms with E-state index in [1.54, 1.807) is 0 Å². The zero-order chi connectivity index (χ0) is 39.5. The van der Waals surface area contributed by atoms with E-state index >= 15 is 0 Å². The first kappa shape index (κ1) is 40.1. The summed E-state index contributed by atoms with van der Waals surface area (Å²) in [5.74, 6) is -0.535. The van der Waals surface area contributed by atoms with E-state index in [0.29, 0.717) is 0 Å². The van der Waals surface area contributed by atoms with E-state index in [4.69, 9.17) is 30.4 Å². The van der Waals surface area contributed by atoms with Crippen LogP contribution >= 0.6 is 23.5 Å². The first-order valence-electron chi connectivity index (χ1n) is 15.1. The molecule has 0 spiro atoms. The third-order valence-corrected chi connectivity index (χ3v) is 12.3. The first-order valence-corrected chi connectivity index (χ1v) is 19.5. The number of nitrogens with one attached hydrogen (secondary N) is 2. The molecule has 298 valence electrons. The van der Waals surface area contributed by atoms with Crippen molar-refractivity contribution < 1.29 is 79.8 Å². The van der Waals surface area contributed by atoms with Gasteiger partial charge in [-0.25, -0.2) is 18.2 Å². The molecule has 4 aromatic heterocycles. The number of nitrogen functional groups attached to an aromatic ring is 2. The molecule has 54 heavy (non-hydrogen) atoms. The molecular weight excluding hydrogens is 797 g/mol. The number of anilines is 2. The molecule has 2 aliphatic heterocycles. The van der Waals surface area contributed by atoms with Crippen molar-refractivity contribution in [1.82, 2.24) is 34.1 Å². The summed E-state index contributed by atoms with van der Waals surface area (Å²) in [6, 6.07) is 0. The number of phosphoric ester groups is 2. The van der Waals surface area contributed by atoms with E-state index in [-0.39, 0.29) is 34.2 Å². The van der Waals surface area contributed by atoms with E-state index in [9.17, 15) is 48.2 Å². The van der Waals surface area contributed by atoms with Gasteiger partial charge < -0.3 is 64.4 Å². The van der Waals surface area contributed by atoms with Crippen LogP contribution in [0.4, 0.5) is 11.9 Å². The lowest BCUT2D eigenvalue weighted by molar-refractivity contribution is -0.745. The number of rotatable bonds is 14. The van der Waals surface area contributed by atoms with Crippen LogP contribution in [0.5, 0.6) is 0 Å². The molecule has 28 nitrogen and oxygen atoms in total. The van der Waals surface area contributed by atoms with Gasteiger partial charge in [0.05, 0.1) is 26.6 Å². The predicted molar refractivity (Wildman–Crippen MR) is 167 cm³/mol. The minimum absolute atomic E-state index is 0.0226. The molecule has 6 rings (SSSR count). The molecule has 31 heteroatoms. The van der Waals surface area contributed by atoms with Crippen LogP contribution in [0.25, 0.3) is 22.3 Å². The molecule has 2 aliphatic rings. The molecule has 6 heterocycles. The number of nitrogens with zero attached hydrogens (tertiary/aromatic N) is 6. The number of aliphatic hydroxyl groups excluding tert-OH is 2. The number of methoxy groups -OCH3 is 2. The maximum atomic E-state index is 12.5. The Kier molecular flexibility index (Phi) is 11.0. The molecule has 0 radical (unpaired) electrons. The number of hydrogen-bond donors (Lipinski definition) is 6. The molecule has 4 aromatic rings. The van der Waals surface area contributed by atoms with Gasteiger partial charge in [0.2, 0.25) is 17.7 Å². The predicted octanol–water partition coefficient (Wildman–Crippen LogP) is -5.14. The molecule has 8 N–H and O–H groups in total. The Labute approximate surface area is 299 Å². The van der Waals surface area contributed by atoms with Crippen molar-refractivity contribution in [2.24, 2.45) is 7.05 Å². The number of H-pyrrole nitrogens is 2. The summed E-state index contributed by atoms with van der Waals surface area (Å²) in [6.07, 6.45) is -8.91. The average molecular weight is 828 g/mol. The minimum atomic E-state index is -6.33. The van der Waals surface area contributed by atoms with Gasteiger partial charge in [-0.2, -0.15) is 4.98 Å². The normalized spacial score (nSPS) is 29.4. The monoisotopic (exact) mass is 828 g/mol. The highest BCUT2D eigenvalue weighted by molar-refractivity contribution is 7.65. The highest BCUT2D eigenvalue weighted by Gasteiger charge is 2.49. The highest BCUT2D eigenvalue weighted by atomic mass is 31.3. The largest absolute Gasteiger partial charge is 0.756 e. The summed E-state index contributed by atoms with van der Waals surface area (Å²) in [7, 11) is -14.5. The molecule has 11 atom stereocenters. The SMILES string of the molecule is CO[C@@H]1[C@H](O)[C@@H](COP(=O)([O-])OP(=O)([O-])OP(=O)([O-])OC[C@H]2O[C@@H]([n+]3cn(C)c4c(=O)[nH]c(N)nc43)[C@@H](O)[C@H]2OC)O[C@H]1n1cnc2c(=O)[nH]c(N)nc21. The van der Waals surface area contributed by atoms with Gasteiger partial charge in [-0.15, -0.1) is 0 Å². The zero-order valence-corrected chi connectivity index (χ0v) is 30.5. The second-order valence-electron chi connectivity index (χ2n) is 11.6. The lowest BCUT2D eigenvalue weighted by Crippen LogP contribution is -2.46. The van der Waals surface area contributed by atoms with Gasteiger partial charge >= 0.3 is 5.65 Å². The van der Waals surface area contributed by atoms with Gasteiger partial charge in [0.1, 0.15) is 36.6 Å². The molecule has 0 aromatic carbocycles. The van der Waals surface area contributed by atoms with E-state index < -0.39 is 96.9 Å². The number of aliphatic hydroxyl groups is 2. The number of ether oxygens (including phenoxy) is 4. The Morgan fingerprint density at radius 3 is 2.11 bits per heavy atom. The van der Waals surface area contributed by atoms with Crippen molar-refractivity contribution in [3.8, 4) is 0 Å². The van der Waals surface area contributed by atoms with E-state index in [1.165, 1.54) is 34.2 Å². The van der Waals surface area contributed by atoms with Crippen LogP contribution in [0, 0.1) is 0 Å². The summed E-state index contributed by atoms with van der Waals surface area (Å²) in [6.45, 7) is -2.14. The molecular formula is C23H31N10O18P3-2. The molecule has 3 unspecified atom stereocenters. The van der Waals surface area contributed by atoms with Crippen LogP contribution in [-0.2, 0) is 57.4 Å². The van der Waals surface area contributed by atoms with Gasteiger partial charge in [0.25, 0.3) is 40.5 Å². The maximum Gasteiger partial charge on any atom is 0.313 e. The van der Waals surface area contributed by atoms with Gasteiger partial charge in [-0.05, 0) is 0 Å². The smallest absolute Gasteiger partial charge is 0.313 e. The number of nitrogens with two attached hydrogens (primary N) is 2. The van der Waals surface area contributed by atoms with Crippen molar-refractivity contribution >= 4 is 57.7 Å². The fourth-order valence-corrected chi connectivity index (χ4v) is 9.31. The van der Waals surface area contributed by atoms with Crippen LogP contribution in [0.15, 0.2) is 22.2 Å². The van der Waals surface area contributed by atoms with Gasteiger partial charge in [-0.3, -0.25) is 42.4 Å². The van der Waals surface area contributed by atoms with Gasteiger partial charge in [0, 0.05) is 14.2 Å². The Bertz CT molecular complexity index is 2320. The third-order valence-electron chi connectivity index (χ3n) is 8.15. The lowest BCUT2D eigenvalue weighted by atomic mass is 10.1. The quantitative estimate of drug-likeness (QED) is 0.0511. The van der Waals surface area contributed by atoms with Crippen molar-refractivity contribution in [3.63, 3.8) is 0 Å². The minimum Gasteiger partial charge on any atom is -0.756 e. The van der Waals surface area contributed by atoms with Crippen LogP contribution in [0.1, 0.15) is 12.5 Å². The average Bonchev–Trinajstić information content (AvgIpc) is 3.79. The zero-order valence-electron chi connectivity index (χ0n) is 27.8. The fourth-order valence-electron chi connectivity index (χ4n) is 5.93. The fraction of sp³-hybridized carbons (Fsp3) is 0.565. The van der Waals surface area contributed by atoms with Gasteiger partial charge in [0.15, 0.2) is 23.7 Å². The topological polar surface area (TPSA) is 405 Å². The summed E-state index contributed by atoms with van der Waals surface area (Å²) in [4.78, 5) is 78.4. The van der Waals surface area contributed by atoms with Gasteiger partial charge in [-0.1, -0.05) is 4.98 Å². The molecule has 0 aliphatic carbocycles. The second kappa shape index (κ2) is 14.8. The molecule has 0 amide bonds. The van der Waals surface area contributed by atoms with Crippen molar-refractivity contribution in [1.29, 1.82) is 0 Å². The summed E-state index contributed by atoms with van der Waals surface area (Å²) < 4.78 is 79.8. The van der Waals surface area contributed by atoms with Crippen LogP contribution in [0.3, 0.4) is 0 Å². The standard InChI is InChI=1S/C23H33N10O18P3/c1-31-7-33(17-11(31)19(37)30-23(25)28-17)20-13(35)14(44-2)9(49-20)5-47-53(40,41)51-54(42,43)50-52(38,39)46-4-8-12(34)15(45-3)21(48-8)32-6-26-10-16(32)27-22(24)29-18(10)36/h6-9,12-15,20-21,34-35H,4-5H2,1-3H3,(H8-,24,25,27,28,29,30,36,37,38,39,40,41,42,43)/p-2/t8-,9-,12-,13+,14+,15-,20-,21-/m1/s1. The number of fused-ring (bicyclic) bond motifs is 2. The van der Waals surface area contributed by atoms with Crippen LogP contribution < -0.4 is 41.8 Å². The summed E-state index contributed by atoms with van der Waals surface area (Å²) in [5.41, 5.74) is 9.73. The first-order chi connectivity index (χ1) is 25.2. The Balaban J connectivity index is 1.07. The third kappa shape index (κ3) is 7.92. The summed E-state index contributed by atoms with van der Waals surface area (Å²) >= 11 is 0. The lowest BCUT2D eigenvalue weighted by Gasteiger charge is -2.35. The van der Waals surface area contributed by atoms with Crippen molar-refractivity contribution in [3.05, 3.63) is 33.4 Å². The number of phosphoric acid groups is 3. The van der Waals surface area contributed by atoms with E-state index in [1.807, 2.05) is 0 Å². The van der Waals surface area contributed by atoms with E-state index in [0.717, 1.165) is 13.4 Å². The van der Waals surface area contributed by atoms with Crippen molar-refractivity contribution in [2.45, 2.75) is 49.1 Å². The number of aryl methyl sites for hydroxylation is 1. The molecule has 0 bridgehead atoms. The number of imidazole rings is 2. The Hall–Kier alpha value is -3.53. The van der Waals surface area contributed by atoms with Crippen LogP contribution in [-0.4, -0.2) is 108 Å². The molecule has 0 saturated carbocycles. The number of aromatic amines is 2. The Morgan fingerprint density at radius 2 is 1.48 bits per heavy atom. The highest BCUT2D eigenvalue weighted by Crippen LogP contribution is 2.63. The molecule has 2 saturated heterocycles. The maximum absolute atomic E-state index is 12.5. The Morgan fingerprint density at radius 1 is 0.889 bits per heavy atom. The second-order valence-corrected chi connectivity index (χ2v) is 16.1. The molecule has 2 fully saturated rings.